The molecule has 3 nitrogen and oxygen atoms in total. The average molecular weight is 246 g/mol. The second-order valence-corrected chi connectivity index (χ2v) is 5.04. The molecule has 1 fully saturated rings. The molecule has 0 spiro atoms. The number of carbonyl (C=O) groups excluding carboxylic acids is 1. The molecule has 0 aliphatic carbocycles. The van der Waals surface area contributed by atoms with Crippen molar-refractivity contribution in [2.75, 3.05) is 20.1 Å². The van der Waals surface area contributed by atoms with Gasteiger partial charge in [0.05, 0.1) is 0 Å². The zero-order valence-corrected chi connectivity index (χ0v) is 11.2. The molecule has 2 rings (SSSR count). The van der Waals surface area contributed by atoms with Gasteiger partial charge in [-0.1, -0.05) is 25.1 Å². The second kappa shape index (κ2) is 6.01. The summed E-state index contributed by atoms with van der Waals surface area (Å²) in [6.45, 7) is 4.44. The largest absolute Gasteiger partial charge is 0.355 e. The minimum atomic E-state index is 0.0198. The molecule has 18 heavy (non-hydrogen) atoms. The van der Waals surface area contributed by atoms with Crippen LogP contribution in [0.25, 0.3) is 0 Å². The number of amides is 1. The van der Waals surface area contributed by atoms with Crippen molar-refractivity contribution >= 4 is 5.91 Å². The van der Waals surface area contributed by atoms with Gasteiger partial charge in [0.15, 0.2) is 0 Å². The minimum absolute atomic E-state index is 0.0198. The molecule has 1 saturated heterocycles. The summed E-state index contributed by atoms with van der Waals surface area (Å²) >= 11 is 0. The lowest BCUT2D eigenvalue weighted by atomic mass is 9.80. The Hall–Kier alpha value is -1.35. The summed E-state index contributed by atoms with van der Waals surface area (Å²) in [5.74, 6) is 1.14. The van der Waals surface area contributed by atoms with E-state index in [0.29, 0.717) is 11.8 Å². The van der Waals surface area contributed by atoms with E-state index < -0.39 is 0 Å². The Morgan fingerprint density at radius 3 is 2.67 bits per heavy atom. The van der Waals surface area contributed by atoms with E-state index in [-0.39, 0.29) is 5.91 Å². The van der Waals surface area contributed by atoms with Gasteiger partial charge < -0.3 is 10.6 Å². The minimum Gasteiger partial charge on any atom is -0.355 e. The van der Waals surface area contributed by atoms with Crippen LogP contribution in [0.2, 0.25) is 0 Å². The lowest BCUT2D eigenvalue weighted by Gasteiger charge is -2.29. The first-order valence-corrected chi connectivity index (χ1v) is 6.75. The highest BCUT2D eigenvalue weighted by Gasteiger charge is 2.24. The molecule has 3 heteroatoms. The second-order valence-electron chi connectivity index (χ2n) is 5.04. The van der Waals surface area contributed by atoms with Gasteiger partial charge in [-0.2, -0.15) is 0 Å². The first-order valence-electron chi connectivity index (χ1n) is 6.75. The fraction of sp³-hybridized carbons (Fsp3) is 0.533. The average Bonchev–Trinajstić information content (AvgIpc) is 2.46. The number of rotatable bonds is 3. The molecular weight excluding hydrogens is 224 g/mol. The van der Waals surface area contributed by atoms with Gasteiger partial charge in [0.1, 0.15) is 0 Å². The maximum atomic E-state index is 11.9. The summed E-state index contributed by atoms with van der Waals surface area (Å²) < 4.78 is 0. The fourth-order valence-corrected chi connectivity index (χ4v) is 2.83. The molecule has 1 amide bonds. The zero-order valence-electron chi connectivity index (χ0n) is 11.2. The predicted octanol–water partition coefficient (Wildman–Crippen LogP) is 2.15. The van der Waals surface area contributed by atoms with Gasteiger partial charge in [0, 0.05) is 12.6 Å². The van der Waals surface area contributed by atoms with Crippen LogP contribution >= 0.6 is 0 Å². The number of carbonyl (C=O) groups is 1. The molecule has 0 aromatic heterocycles. The predicted molar refractivity (Wildman–Crippen MR) is 73.8 cm³/mol. The first-order chi connectivity index (χ1) is 8.74. The molecule has 1 aromatic rings. The molecule has 1 unspecified atom stereocenters. The van der Waals surface area contributed by atoms with Crippen LogP contribution in [0.3, 0.4) is 0 Å². The van der Waals surface area contributed by atoms with Crippen LogP contribution in [0.15, 0.2) is 24.3 Å². The SMILES string of the molecule is CNC(=O)c1ccccc1C(C)C1CCNCC1. The van der Waals surface area contributed by atoms with Crippen molar-refractivity contribution in [1.29, 1.82) is 0 Å². The lowest BCUT2D eigenvalue weighted by molar-refractivity contribution is 0.0961. The fourth-order valence-electron chi connectivity index (χ4n) is 2.83. The van der Waals surface area contributed by atoms with Crippen molar-refractivity contribution in [2.24, 2.45) is 5.92 Å². The van der Waals surface area contributed by atoms with Crippen LogP contribution < -0.4 is 10.6 Å². The normalized spacial score (nSPS) is 18.3. The highest BCUT2D eigenvalue weighted by Crippen LogP contribution is 2.32. The smallest absolute Gasteiger partial charge is 0.251 e. The summed E-state index contributed by atoms with van der Waals surface area (Å²) in [4.78, 5) is 11.9. The number of nitrogens with one attached hydrogen (secondary N) is 2. The van der Waals surface area contributed by atoms with Crippen LogP contribution in [-0.2, 0) is 0 Å². The molecule has 1 aromatic carbocycles. The Morgan fingerprint density at radius 1 is 1.33 bits per heavy atom. The summed E-state index contributed by atoms with van der Waals surface area (Å²) in [7, 11) is 1.69. The monoisotopic (exact) mass is 246 g/mol. The summed E-state index contributed by atoms with van der Waals surface area (Å²) in [6.07, 6.45) is 2.40. The molecule has 0 saturated carbocycles. The molecule has 1 aliphatic rings. The molecule has 1 heterocycles. The van der Waals surface area contributed by atoms with Gasteiger partial charge in [0.2, 0.25) is 0 Å². The first kappa shape index (κ1) is 13.1. The van der Waals surface area contributed by atoms with Gasteiger partial charge in [-0.3, -0.25) is 4.79 Å². The van der Waals surface area contributed by atoms with Crippen LogP contribution in [0.1, 0.15) is 41.6 Å². The van der Waals surface area contributed by atoms with Gasteiger partial charge in [-0.15, -0.1) is 0 Å². The molecule has 2 N–H and O–H groups in total. The van der Waals surface area contributed by atoms with Crippen molar-refractivity contribution in [1.82, 2.24) is 10.6 Å². The summed E-state index contributed by atoms with van der Waals surface area (Å²) in [5, 5.41) is 6.12. The summed E-state index contributed by atoms with van der Waals surface area (Å²) in [6, 6.07) is 7.98. The topological polar surface area (TPSA) is 41.1 Å². The van der Waals surface area contributed by atoms with E-state index in [9.17, 15) is 4.79 Å². The zero-order chi connectivity index (χ0) is 13.0. The highest BCUT2D eigenvalue weighted by molar-refractivity contribution is 5.95. The third-order valence-electron chi connectivity index (χ3n) is 4.01. The number of benzene rings is 1. The van der Waals surface area contributed by atoms with Gasteiger partial charge in [-0.25, -0.2) is 0 Å². The summed E-state index contributed by atoms with van der Waals surface area (Å²) in [5.41, 5.74) is 2.01. The van der Waals surface area contributed by atoms with Crippen molar-refractivity contribution in [3.8, 4) is 0 Å². The lowest BCUT2D eigenvalue weighted by Crippen LogP contribution is -2.31. The van der Waals surface area contributed by atoms with E-state index >= 15 is 0 Å². The van der Waals surface area contributed by atoms with Gasteiger partial charge >= 0.3 is 0 Å². The Kier molecular flexibility index (Phi) is 4.37. The van der Waals surface area contributed by atoms with E-state index in [2.05, 4.69) is 23.6 Å². The molecular formula is C15H22N2O. The van der Waals surface area contributed by atoms with Crippen molar-refractivity contribution in [3.05, 3.63) is 35.4 Å². The molecule has 98 valence electrons. The third-order valence-corrected chi connectivity index (χ3v) is 4.01. The van der Waals surface area contributed by atoms with Crippen LogP contribution in [0, 0.1) is 5.92 Å². The maximum Gasteiger partial charge on any atom is 0.251 e. The van der Waals surface area contributed by atoms with Crippen LogP contribution in [0.5, 0.6) is 0 Å². The van der Waals surface area contributed by atoms with Crippen LogP contribution in [0.4, 0.5) is 0 Å². The Balaban J connectivity index is 2.23. The van der Waals surface area contributed by atoms with Crippen LogP contribution in [-0.4, -0.2) is 26.0 Å². The van der Waals surface area contributed by atoms with E-state index in [4.69, 9.17) is 0 Å². The maximum absolute atomic E-state index is 11.9. The van der Waals surface area contributed by atoms with Crippen molar-refractivity contribution in [3.63, 3.8) is 0 Å². The van der Waals surface area contributed by atoms with Gasteiger partial charge in [0.25, 0.3) is 5.91 Å². The van der Waals surface area contributed by atoms with E-state index in [1.54, 1.807) is 7.05 Å². The van der Waals surface area contributed by atoms with Crippen molar-refractivity contribution in [2.45, 2.75) is 25.7 Å². The Bertz CT molecular complexity index is 411. The third kappa shape index (κ3) is 2.72. The molecule has 1 aliphatic heterocycles. The molecule has 0 bridgehead atoms. The van der Waals surface area contributed by atoms with E-state index in [0.717, 1.165) is 18.7 Å². The van der Waals surface area contributed by atoms with E-state index in [1.807, 2.05) is 18.2 Å². The molecule has 0 radical (unpaired) electrons. The standard InChI is InChI=1S/C15H22N2O/c1-11(12-7-9-17-10-8-12)13-5-3-4-6-14(13)15(18)16-2/h3-6,11-12,17H,7-10H2,1-2H3,(H,16,18). The number of hydrogen-bond acceptors (Lipinski definition) is 2. The number of hydrogen-bond donors (Lipinski definition) is 2. The van der Waals surface area contributed by atoms with Crippen molar-refractivity contribution < 1.29 is 4.79 Å². The van der Waals surface area contributed by atoms with E-state index in [1.165, 1.54) is 18.4 Å². The Morgan fingerprint density at radius 2 is 2.00 bits per heavy atom. The number of piperidine rings is 1. The molecule has 1 atom stereocenters. The highest BCUT2D eigenvalue weighted by atomic mass is 16.1. The Labute approximate surface area is 109 Å². The quantitative estimate of drug-likeness (QED) is 0.858. The van der Waals surface area contributed by atoms with Gasteiger partial charge in [-0.05, 0) is 49.4 Å².